The van der Waals surface area contributed by atoms with E-state index in [0.29, 0.717) is 5.02 Å². The lowest BCUT2D eigenvalue weighted by Crippen LogP contribution is -2.43. The quantitative estimate of drug-likeness (QED) is 0.828. The van der Waals surface area contributed by atoms with Gasteiger partial charge in [-0.3, -0.25) is 4.79 Å². The lowest BCUT2D eigenvalue weighted by Gasteiger charge is -2.17. The molecule has 2 aromatic rings. The summed E-state index contributed by atoms with van der Waals surface area (Å²) in [4.78, 5) is 24.1. The Labute approximate surface area is 140 Å². The van der Waals surface area contributed by atoms with Crippen LogP contribution in [0.3, 0.4) is 0 Å². The maximum Gasteiger partial charge on any atom is 0.328 e. The van der Waals surface area contributed by atoms with Crippen molar-refractivity contribution in [1.82, 2.24) is 5.32 Å². The van der Waals surface area contributed by atoms with Crippen LogP contribution in [0, 0.1) is 0 Å². The highest BCUT2D eigenvalue weighted by Crippen LogP contribution is 2.17. The summed E-state index contributed by atoms with van der Waals surface area (Å²) in [5, 5.41) is 3.27. The van der Waals surface area contributed by atoms with Crippen LogP contribution in [-0.2, 0) is 27.2 Å². The molecule has 0 bridgehead atoms. The molecule has 0 saturated carbocycles. The minimum absolute atomic E-state index is 0.205. The van der Waals surface area contributed by atoms with E-state index in [9.17, 15) is 9.59 Å². The van der Waals surface area contributed by atoms with Gasteiger partial charge in [-0.15, -0.1) is 0 Å². The van der Waals surface area contributed by atoms with E-state index in [2.05, 4.69) is 5.32 Å². The number of carbonyl (C=O) groups excluding carboxylic acids is 2. The van der Waals surface area contributed by atoms with Crippen LogP contribution in [0.5, 0.6) is 0 Å². The van der Waals surface area contributed by atoms with E-state index in [-0.39, 0.29) is 18.7 Å². The number of benzene rings is 2. The summed E-state index contributed by atoms with van der Waals surface area (Å²) in [6.07, 6.45) is 0.490. The molecule has 0 radical (unpaired) electrons. The van der Waals surface area contributed by atoms with Gasteiger partial charge in [-0.05, 0) is 17.2 Å². The third-order valence-corrected chi connectivity index (χ3v) is 3.78. The second kappa shape index (κ2) is 8.34. The van der Waals surface area contributed by atoms with Gasteiger partial charge in [0, 0.05) is 11.4 Å². The third kappa shape index (κ3) is 5.11. The molecule has 0 aliphatic rings. The lowest BCUT2D eigenvalue weighted by molar-refractivity contribution is -0.145. The Morgan fingerprint density at radius 1 is 1.09 bits per heavy atom. The van der Waals surface area contributed by atoms with Gasteiger partial charge in [-0.1, -0.05) is 60.1 Å². The Balaban J connectivity index is 2.05. The molecule has 2 rings (SSSR count). The van der Waals surface area contributed by atoms with Crippen LogP contribution in [0.2, 0.25) is 5.02 Å². The Morgan fingerprint density at radius 2 is 1.74 bits per heavy atom. The SMILES string of the molecule is COC(=O)[C@H](Cc1ccccc1Cl)NC(=O)Cc1ccccc1. The van der Waals surface area contributed by atoms with Crippen molar-refractivity contribution >= 4 is 23.5 Å². The number of hydrogen-bond acceptors (Lipinski definition) is 3. The molecule has 1 N–H and O–H groups in total. The number of rotatable bonds is 6. The Bertz CT molecular complexity index is 673. The summed E-state index contributed by atoms with van der Waals surface area (Å²) in [5.74, 6) is -0.731. The zero-order valence-corrected chi connectivity index (χ0v) is 13.5. The fourth-order valence-corrected chi connectivity index (χ4v) is 2.46. The first-order valence-corrected chi connectivity index (χ1v) is 7.62. The standard InChI is InChI=1S/C18H18ClNO3/c1-23-18(22)16(12-14-9-5-6-10-15(14)19)20-17(21)11-13-7-3-2-4-8-13/h2-10,16H,11-12H2,1H3,(H,20,21)/t16-/m0/s1. The average Bonchev–Trinajstić information content (AvgIpc) is 2.56. The molecule has 5 heteroatoms. The molecule has 0 fully saturated rings. The van der Waals surface area contributed by atoms with Crippen LogP contribution in [0.1, 0.15) is 11.1 Å². The third-order valence-electron chi connectivity index (χ3n) is 3.41. The number of carbonyl (C=O) groups is 2. The monoisotopic (exact) mass is 331 g/mol. The van der Waals surface area contributed by atoms with Crippen LogP contribution < -0.4 is 5.32 Å². The van der Waals surface area contributed by atoms with Gasteiger partial charge in [0.2, 0.25) is 5.91 Å². The van der Waals surface area contributed by atoms with Crippen molar-refractivity contribution in [3.63, 3.8) is 0 Å². The number of nitrogens with one attached hydrogen (secondary N) is 1. The molecule has 0 saturated heterocycles. The second-order valence-electron chi connectivity index (χ2n) is 5.10. The number of esters is 1. The molecule has 0 aromatic heterocycles. The zero-order valence-electron chi connectivity index (χ0n) is 12.8. The fourth-order valence-electron chi connectivity index (χ4n) is 2.25. The summed E-state index contributed by atoms with van der Waals surface area (Å²) in [5.41, 5.74) is 1.66. The highest BCUT2D eigenvalue weighted by molar-refractivity contribution is 6.31. The van der Waals surface area contributed by atoms with Gasteiger partial charge in [-0.25, -0.2) is 4.79 Å². The normalized spacial score (nSPS) is 11.6. The van der Waals surface area contributed by atoms with Crippen LogP contribution in [0.25, 0.3) is 0 Å². The van der Waals surface area contributed by atoms with E-state index < -0.39 is 12.0 Å². The molecule has 0 unspecified atom stereocenters. The van der Waals surface area contributed by atoms with Crippen molar-refractivity contribution in [2.75, 3.05) is 7.11 Å². The topological polar surface area (TPSA) is 55.4 Å². The molecule has 0 heterocycles. The highest BCUT2D eigenvalue weighted by atomic mass is 35.5. The number of halogens is 1. The molecular weight excluding hydrogens is 314 g/mol. The summed E-state index contributed by atoms with van der Waals surface area (Å²) >= 11 is 6.12. The molecular formula is C18H18ClNO3. The van der Waals surface area contributed by atoms with E-state index in [1.165, 1.54) is 7.11 Å². The smallest absolute Gasteiger partial charge is 0.328 e. The molecule has 2 aromatic carbocycles. The Hall–Kier alpha value is -2.33. The van der Waals surface area contributed by atoms with E-state index in [1.54, 1.807) is 6.07 Å². The maximum atomic E-state index is 12.2. The Morgan fingerprint density at radius 3 is 2.39 bits per heavy atom. The van der Waals surface area contributed by atoms with E-state index in [1.807, 2.05) is 48.5 Å². The van der Waals surface area contributed by atoms with Gasteiger partial charge < -0.3 is 10.1 Å². The van der Waals surface area contributed by atoms with Crippen molar-refractivity contribution in [2.24, 2.45) is 0 Å². The van der Waals surface area contributed by atoms with E-state index in [0.717, 1.165) is 11.1 Å². The maximum absolute atomic E-state index is 12.2. The molecule has 4 nitrogen and oxygen atoms in total. The van der Waals surface area contributed by atoms with E-state index >= 15 is 0 Å². The summed E-state index contributed by atoms with van der Waals surface area (Å²) in [6.45, 7) is 0. The van der Waals surface area contributed by atoms with Gasteiger partial charge in [-0.2, -0.15) is 0 Å². The minimum atomic E-state index is -0.767. The first-order valence-electron chi connectivity index (χ1n) is 7.24. The average molecular weight is 332 g/mol. The molecule has 120 valence electrons. The second-order valence-corrected chi connectivity index (χ2v) is 5.51. The van der Waals surface area contributed by atoms with Gasteiger partial charge >= 0.3 is 5.97 Å². The van der Waals surface area contributed by atoms with Crippen LogP contribution in [-0.4, -0.2) is 25.0 Å². The lowest BCUT2D eigenvalue weighted by atomic mass is 10.1. The van der Waals surface area contributed by atoms with Gasteiger partial charge in [0.15, 0.2) is 0 Å². The van der Waals surface area contributed by atoms with Gasteiger partial charge in [0.05, 0.1) is 13.5 Å². The largest absolute Gasteiger partial charge is 0.467 e. The first-order chi connectivity index (χ1) is 11.1. The summed E-state index contributed by atoms with van der Waals surface area (Å²) in [6, 6.07) is 15.8. The predicted molar refractivity (Wildman–Crippen MR) is 89.2 cm³/mol. The van der Waals surface area contributed by atoms with Crippen LogP contribution >= 0.6 is 11.6 Å². The van der Waals surface area contributed by atoms with Gasteiger partial charge in [0.1, 0.15) is 6.04 Å². The van der Waals surface area contributed by atoms with Crippen molar-refractivity contribution in [1.29, 1.82) is 0 Å². The summed E-state index contributed by atoms with van der Waals surface area (Å²) in [7, 11) is 1.30. The van der Waals surface area contributed by atoms with Crippen molar-refractivity contribution < 1.29 is 14.3 Å². The van der Waals surface area contributed by atoms with Crippen LogP contribution in [0.15, 0.2) is 54.6 Å². The molecule has 0 aliphatic carbocycles. The molecule has 23 heavy (non-hydrogen) atoms. The number of amides is 1. The number of hydrogen-bond donors (Lipinski definition) is 1. The van der Waals surface area contributed by atoms with Crippen molar-refractivity contribution in [3.8, 4) is 0 Å². The summed E-state index contributed by atoms with van der Waals surface area (Å²) < 4.78 is 4.78. The minimum Gasteiger partial charge on any atom is -0.467 e. The fraction of sp³-hybridized carbons (Fsp3) is 0.222. The zero-order chi connectivity index (χ0) is 16.7. The molecule has 0 aliphatic heterocycles. The Kier molecular flexibility index (Phi) is 6.18. The van der Waals surface area contributed by atoms with E-state index in [4.69, 9.17) is 16.3 Å². The highest BCUT2D eigenvalue weighted by Gasteiger charge is 2.22. The number of methoxy groups -OCH3 is 1. The van der Waals surface area contributed by atoms with Crippen LogP contribution in [0.4, 0.5) is 0 Å². The number of ether oxygens (including phenoxy) is 1. The first kappa shape index (κ1) is 17.0. The van der Waals surface area contributed by atoms with Gasteiger partial charge in [0.25, 0.3) is 0 Å². The molecule has 1 amide bonds. The predicted octanol–water partition coefficient (Wildman–Crippen LogP) is 2.78. The van der Waals surface area contributed by atoms with Crippen molar-refractivity contribution in [3.05, 3.63) is 70.7 Å². The van der Waals surface area contributed by atoms with Crippen molar-refractivity contribution in [2.45, 2.75) is 18.9 Å². The molecule has 0 spiro atoms. The molecule has 1 atom stereocenters.